The number of hydrogen-bond acceptors (Lipinski definition) is 3. The molecule has 2 heterocycles. The van der Waals surface area contributed by atoms with E-state index in [-0.39, 0.29) is 10.8 Å². The molecule has 2 aliphatic rings. The van der Waals surface area contributed by atoms with Crippen molar-refractivity contribution < 1.29 is 9.21 Å². The van der Waals surface area contributed by atoms with Crippen LogP contribution in [0, 0.1) is 0 Å². The lowest BCUT2D eigenvalue weighted by molar-refractivity contribution is -0.129. The van der Waals surface area contributed by atoms with Gasteiger partial charge >= 0.3 is 0 Å². The van der Waals surface area contributed by atoms with Crippen LogP contribution in [-0.4, -0.2) is 23.6 Å². The number of aryl methyl sites for hydroxylation is 1. The van der Waals surface area contributed by atoms with Crippen molar-refractivity contribution in [2.24, 2.45) is 0 Å². The molecule has 0 N–H and O–H groups in total. The summed E-state index contributed by atoms with van der Waals surface area (Å²) in [7, 11) is 1.91. The van der Waals surface area contributed by atoms with Gasteiger partial charge in [0.1, 0.15) is 10.6 Å². The molecule has 3 rings (SSSR count). The zero-order valence-corrected chi connectivity index (χ0v) is 9.47. The molecule has 4 heteroatoms. The first kappa shape index (κ1) is 9.33. The molecule has 0 radical (unpaired) electrons. The maximum atomic E-state index is 11.7. The minimum atomic E-state index is -0.127. The van der Waals surface area contributed by atoms with E-state index >= 15 is 0 Å². The van der Waals surface area contributed by atoms with Gasteiger partial charge in [-0.3, -0.25) is 4.79 Å². The summed E-state index contributed by atoms with van der Waals surface area (Å²) in [5, 5.41) is 0. The highest BCUT2D eigenvalue weighted by molar-refractivity contribution is 8.01. The average molecular weight is 223 g/mol. The second-order valence-corrected chi connectivity index (χ2v) is 5.39. The van der Waals surface area contributed by atoms with Crippen molar-refractivity contribution in [2.75, 3.05) is 12.8 Å². The summed E-state index contributed by atoms with van der Waals surface area (Å²) in [4.78, 5) is 13.4. The summed E-state index contributed by atoms with van der Waals surface area (Å²) < 4.78 is 5.47. The topological polar surface area (TPSA) is 33.5 Å². The van der Waals surface area contributed by atoms with Crippen LogP contribution in [0.25, 0.3) is 0 Å². The van der Waals surface area contributed by atoms with Crippen molar-refractivity contribution in [3.63, 3.8) is 0 Å². The van der Waals surface area contributed by atoms with E-state index in [1.54, 1.807) is 18.0 Å². The molecule has 0 saturated carbocycles. The summed E-state index contributed by atoms with van der Waals surface area (Å²) in [5.41, 5.74) is 1.21. The molecular formula is C11H13NO2S. The monoisotopic (exact) mass is 223 g/mol. The molecule has 15 heavy (non-hydrogen) atoms. The van der Waals surface area contributed by atoms with Crippen molar-refractivity contribution in [1.29, 1.82) is 0 Å². The summed E-state index contributed by atoms with van der Waals surface area (Å²) in [5.74, 6) is 1.89. The average Bonchev–Trinajstić information content (AvgIpc) is 2.81. The fraction of sp³-hybridized carbons (Fsp3) is 0.545. The largest absolute Gasteiger partial charge is 0.469 e. The number of thioether (sulfide) groups is 1. The lowest BCUT2D eigenvalue weighted by Crippen LogP contribution is -2.41. The van der Waals surface area contributed by atoms with E-state index in [0.29, 0.717) is 5.75 Å². The number of rotatable bonds is 0. The van der Waals surface area contributed by atoms with Gasteiger partial charge in [0.05, 0.1) is 12.0 Å². The van der Waals surface area contributed by atoms with E-state index < -0.39 is 0 Å². The van der Waals surface area contributed by atoms with Crippen molar-refractivity contribution in [3.05, 3.63) is 23.7 Å². The molecule has 3 nitrogen and oxygen atoms in total. The summed E-state index contributed by atoms with van der Waals surface area (Å²) in [6, 6.07) is 2.02. The molecule has 1 spiro atoms. The number of carbonyl (C=O) groups is 1. The van der Waals surface area contributed by atoms with E-state index in [2.05, 4.69) is 0 Å². The van der Waals surface area contributed by atoms with Gasteiger partial charge in [-0.15, -0.1) is 11.8 Å². The highest BCUT2D eigenvalue weighted by atomic mass is 32.2. The lowest BCUT2D eigenvalue weighted by atomic mass is 9.91. The maximum Gasteiger partial charge on any atom is 0.233 e. The van der Waals surface area contributed by atoms with E-state index in [1.807, 2.05) is 18.0 Å². The summed E-state index contributed by atoms with van der Waals surface area (Å²) in [6.07, 6.45) is 4.90. The Balaban J connectivity index is 2.12. The third kappa shape index (κ3) is 1.11. The smallest absolute Gasteiger partial charge is 0.233 e. The Kier molecular flexibility index (Phi) is 1.89. The summed E-state index contributed by atoms with van der Waals surface area (Å²) in [6.45, 7) is 0. The fourth-order valence-electron chi connectivity index (χ4n) is 2.58. The lowest BCUT2D eigenvalue weighted by Gasteiger charge is -2.37. The molecule has 80 valence electrons. The third-order valence-electron chi connectivity index (χ3n) is 3.44. The highest BCUT2D eigenvalue weighted by Gasteiger charge is 2.48. The molecule has 1 aromatic rings. The first-order valence-corrected chi connectivity index (χ1v) is 6.20. The molecule has 0 bridgehead atoms. The van der Waals surface area contributed by atoms with E-state index in [9.17, 15) is 4.79 Å². The van der Waals surface area contributed by atoms with Crippen molar-refractivity contribution in [1.82, 2.24) is 4.90 Å². The zero-order valence-electron chi connectivity index (χ0n) is 8.66. The number of fused-ring (bicyclic) bond motifs is 2. The molecule has 1 amide bonds. The van der Waals surface area contributed by atoms with Crippen LogP contribution >= 0.6 is 11.8 Å². The van der Waals surface area contributed by atoms with E-state index in [0.717, 1.165) is 25.0 Å². The number of hydrogen-bond donors (Lipinski definition) is 0. The van der Waals surface area contributed by atoms with Gasteiger partial charge in [0.15, 0.2) is 0 Å². The van der Waals surface area contributed by atoms with Gasteiger partial charge < -0.3 is 9.32 Å². The van der Waals surface area contributed by atoms with Crippen LogP contribution in [0.1, 0.15) is 24.2 Å². The van der Waals surface area contributed by atoms with Crippen LogP contribution in [-0.2, 0) is 16.1 Å². The second-order valence-electron chi connectivity index (χ2n) is 4.14. The number of carbonyl (C=O) groups excluding carboxylic acids is 1. The standard InChI is InChI=1S/C11H13NO2S/c1-12-10(13)7-15-11(12)5-2-3-9-8(11)4-6-14-9/h4,6H,2-3,5,7H2,1H3. The number of amides is 1. The minimum Gasteiger partial charge on any atom is -0.469 e. The molecule has 1 unspecified atom stereocenters. The first-order valence-electron chi connectivity index (χ1n) is 5.21. The van der Waals surface area contributed by atoms with Crippen LogP contribution in [0.4, 0.5) is 0 Å². The van der Waals surface area contributed by atoms with Gasteiger partial charge in [-0.05, 0) is 18.9 Å². The highest BCUT2D eigenvalue weighted by Crippen LogP contribution is 2.51. The Hall–Kier alpha value is -0.900. The van der Waals surface area contributed by atoms with Gasteiger partial charge in [-0.25, -0.2) is 0 Å². The van der Waals surface area contributed by atoms with Crippen LogP contribution in [0.15, 0.2) is 16.7 Å². The van der Waals surface area contributed by atoms with Gasteiger partial charge in [0.25, 0.3) is 0 Å². The Labute approximate surface area is 92.8 Å². The predicted molar refractivity (Wildman–Crippen MR) is 58.6 cm³/mol. The van der Waals surface area contributed by atoms with Crippen molar-refractivity contribution in [3.8, 4) is 0 Å². The summed E-state index contributed by atoms with van der Waals surface area (Å²) >= 11 is 1.75. The van der Waals surface area contributed by atoms with Crippen LogP contribution in [0.2, 0.25) is 0 Å². The van der Waals surface area contributed by atoms with Crippen LogP contribution < -0.4 is 0 Å². The Morgan fingerprint density at radius 1 is 1.60 bits per heavy atom. The van der Waals surface area contributed by atoms with Gasteiger partial charge in [0.2, 0.25) is 5.91 Å². The van der Waals surface area contributed by atoms with Gasteiger partial charge in [-0.2, -0.15) is 0 Å². The van der Waals surface area contributed by atoms with Gasteiger partial charge in [-0.1, -0.05) is 0 Å². The molecular weight excluding hydrogens is 210 g/mol. The molecule has 1 aromatic heterocycles. The fourth-order valence-corrected chi connectivity index (χ4v) is 4.06. The number of nitrogens with zero attached hydrogens (tertiary/aromatic N) is 1. The maximum absolute atomic E-state index is 11.7. The van der Waals surface area contributed by atoms with E-state index in [4.69, 9.17) is 4.42 Å². The quantitative estimate of drug-likeness (QED) is 0.674. The predicted octanol–water partition coefficient (Wildman–Crippen LogP) is 1.97. The molecule has 0 aromatic carbocycles. The second kappa shape index (κ2) is 3.04. The Bertz CT molecular complexity index is 414. The molecule has 1 aliphatic carbocycles. The van der Waals surface area contributed by atoms with Gasteiger partial charge in [0, 0.05) is 19.0 Å². The van der Waals surface area contributed by atoms with Crippen LogP contribution in [0.5, 0.6) is 0 Å². The first-order chi connectivity index (χ1) is 7.24. The zero-order chi connectivity index (χ0) is 10.5. The molecule has 1 saturated heterocycles. The SMILES string of the molecule is CN1C(=O)CSC12CCCc1occc12. The van der Waals surface area contributed by atoms with Crippen LogP contribution in [0.3, 0.4) is 0 Å². The van der Waals surface area contributed by atoms with Crippen molar-refractivity contribution in [2.45, 2.75) is 24.1 Å². The normalized spacial score (nSPS) is 29.9. The molecule has 1 aliphatic heterocycles. The molecule has 1 atom stereocenters. The third-order valence-corrected chi connectivity index (χ3v) is 5.00. The van der Waals surface area contributed by atoms with Crippen molar-refractivity contribution >= 4 is 17.7 Å². The Morgan fingerprint density at radius 2 is 2.47 bits per heavy atom. The minimum absolute atomic E-state index is 0.127. The molecule has 1 fully saturated rings. The number of furan rings is 1. The Morgan fingerprint density at radius 3 is 3.20 bits per heavy atom. The van der Waals surface area contributed by atoms with E-state index in [1.165, 1.54) is 5.56 Å².